The number of nitrogens with one attached hydrogen (secondary N) is 4. The number of halogens is 1. The Balaban J connectivity index is 1.76. The minimum Gasteiger partial charge on any atom is -0.343 e. The van der Waals surface area contributed by atoms with Crippen LogP contribution in [0.15, 0.2) is 18.2 Å². The first-order valence-electron chi connectivity index (χ1n) is 12.6. The van der Waals surface area contributed by atoms with Gasteiger partial charge in [-0.1, -0.05) is 26.8 Å². The van der Waals surface area contributed by atoms with E-state index >= 15 is 0 Å². The summed E-state index contributed by atoms with van der Waals surface area (Å²) in [5.41, 5.74) is 0.688. The molecule has 3 rings (SSSR count). The number of carbonyl (C=O) groups is 3. The van der Waals surface area contributed by atoms with Crippen LogP contribution in [0.4, 0.5) is 14.0 Å². The van der Waals surface area contributed by atoms with Gasteiger partial charge in [0, 0.05) is 26.2 Å². The van der Waals surface area contributed by atoms with Gasteiger partial charge < -0.3 is 30.7 Å². The lowest BCUT2D eigenvalue weighted by Crippen LogP contribution is -2.62. The third kappa shape index (κ3) is 6.64. The molecule has 0 bridgehead atoms. The number of amides is 5. The Morgan fingerprint density at radius 3 is 2.61 bits per heavy atom. The molecule has 0 spiro atoms. The minimum absolute atomic E-state index is 0.0890. The summed E-state index contributed by atoms with van der Waals surface area (Å²) in [5, 5.41) is 8.12. The molecule has 0 saturated carbocycles. The van der Waals surface area contributed by atoms with Gasteiger partial charge in [0.2, 0.25) is 0 Å². The van der Waals surface area contributed by atoms with E-state index < -0.39 is 36.0 Å². The molecule has 11 heteroatoms. The van der Waals surface area contributed by atoms with Crippen molar-refractivity contribution in [1.82, 2.24) is 35.7 Å². The molecular weight excluding hydrogens is 465 g/mol. The molecule has 1 aliphatic heterocycles. The van der Waals surface area contributed by atoms with Gasteiger partial charge in [0.1, 0.15) is 11.3 Å². The monoisotopic (exact) mass is 503 g/mol. The van der Waals surface area contributed by atoms with Crippen LogP contribution in [-0.4, -0.2) is 70.1 Å². The normalized spacial score (nSPS) is 17.5. The molecule has 5 amide bonds. The van der Waals surface area contributed by atoms with Crippen molar-refractivity contribution in [3.05, 3.63) is 29.8 Å². The topological polar surface area (TPSA) is 122 Å². The maximum Gasteiger partial charge on any atom is 0.319 e. The number of urea groups is 2. The Bertz CT molecular complexity index is 1070. The van der Waals surface area contributed by atoms with Crippen molar-refractivity contribution in [2.45, 2.75) is 71.6 Å². The van der Waals surface area contributed by atoms with E-state index in [1.54, 1.807) is 31.0 Å². The SMILES string of the molecule is CC[C@H]1CCCCN1C(=O)N[C@H](NC(=O)N(C)CC(C)C)C(=O)N[C@@H](C)c1nc2c(F)cccc2[nH]1. The van der Waals surface area contributed by atoms with Crippen molar-refractivity contribution >= 4 is 29.0 Å². The van der Waals surface area contributed by atoms with Crippen LogP contribution in [0.25, 0.3) is 11.0 Å². The maximum absolute atomic E-state index is 14.1. The molecule has 0 aliphatic carbocycles. The summed E-state index contributed by atoms with van der Waals surface area (Å²) < 4.78 is 14.1. The Kier molecular flexibility index (Phi) is 9.11. The number of likely N-dealkylation sites (tertiary alicyclic amines) is 1. The highest BCUT2D eigenvalue weighted by atomic mass is 19.1. The van der Waals surface area contributed by atoms with Gasteiger partial charge in [0.15, 0.2) is 12.0 Å². The fraction of sp³-hybridized carbons (Fsp3) is 0.600. The van der Waals surface area contributed by atoms with Crippen LogP contribution in [0.2, 0.25) is 0 Å². The van der Waals surface area contributed by atoms with Crippen LogP contribution in [0.3, 0.4) is 0 Å². The van der Waals surface area contributed by atoms with Gasteiger partial charge in [-0.05, 0) is 50.7 Å². The van der Waals surface area contributed by atoms with Gasteiger partial charge in [-0.3, -0.25) is 4.79 Å². The number of H-pyrrole nitrogens is 1. The van der Waals surface area contributed by atoms with Crippen LogP contribution < -0.4 is 16.0 Å². The number of nitrogens with zero attached hydrogens (tertiary/aromatic N) is 3. The Morgan fingerprint density at radius 2 is 1.94 bits per heavy atom. The molecule has 1 saturated heterocycles. The molecule has 4 N–H and O–H groups in total. The lowest BCUT2D eigenvalue weighted by Gasteiger charge is -2.36. The van der Waals surface area contributed by atoms with E-state index in [9.17, 15) is 18.8 Å². The van der Waals surface area contributed by atoms with Crippen molar-refractivity contribution in [3.63, 3.8) is 0 Å². The molecule has 1 aliphatic rings. The van der Waals surface area contributed by atoms with Gasteiger partial charge in [-0.2, -0.15) is 0 Å². The highest BCUT2D eigenvalue weighted by molar-refractivity contribution is 5.90. The number of rotatable bonds is 8. The molecule has 36 heavy (non-hydrogen) atoms. The van der Waals surface area contributed by atoms with E-state index in [-0.39, 0.29) is 17.5 Å². The average Bonchev–Trinajstić information content (AvgIpc) is 3.29. The van der Waals surface area contributed by atoms with E-state index in [1.807, 2.05) is 20.8 Å². The molecule has 10 nitrogen and oxygen atoms in total. The summed E-state index contributed by atoms with van der Waals surface area (Å²) in [5.74, 6) is -0.479. The number of benzene rings is 1. The van der Waals surface area contributed by atoms with Gasteiger partial charge in [0.05, 0.1) is 11.6 Å². The fourth-order valence-electron chi connectivity index (χ4n) is 4.52. The van der Waals surface area contributed by atoms with Gasteiger partial charge in [-0.25, -0.2) is 19.0 Å². The van der Waals surface area contributed by atoms with E-state index in [0.29, 0.717) is 24.4 Å². The molecule has 1 fully saturated rings. The Hall–Kier alpha value is -3.37. The van der Waals surface area contributed by atoms with Gasteiger partial charge >= 0.3 is 12.1 Å². The smallest absolute Gasteiger partial charge is 0.319 e. The summed E-state index contributed by atoms with van der Waals surface area (Å²) in [4.78, 5) is 49.7. The van der Waals surface area contributed by atoms with Gasteiger partial charge in [-0.15, -0.1) is 0 Å². The number of para-hydroxylation sites is 1. The lowest BCUT2D eigenvalue weighted by molar-refractivity contribution is -0.124. The fourth-order valence-corrected chi connectivity index (χ4v) is 4.52. The lowest BCUT2D eigenvalue weighted by atomic mass is 10.0. The first-order chi connectivity index (χ1) is 17.1. The van der Waals surface area contributed by atoms with Crippen LogP contribution in [0.1, 0.15) is 65.2 Å². The molecule has 0 unspecified atom stereocenters. The first-order valence-corrected chi connectivity index (χ1v) is 12.6. The third-order valence-electron chi connectivity index (χ3n) is 6.39. The van der Waals surface area contributed by atoms with Crippen molar-refractivity contribution in [2.24, 2.45) is 5.92 Å². The second-order valence-electron chi connectivity index (χ2n) is 9.85. The van der Waals surface area contributed by atoms with E-state index in [4.69, 9.17) is 0 Å². The van der Waals surface area contributed by atoms with Gasteiger partial charge in [0.25, 0.3) is 5.91 Å². The average molecular weight is 504 g/mol. The summed E-state index contributed by atoms with van der Waals surface area (Å²) in [6, 6.07) is 3.16. The zero-order valence-corrected chi connectivity index (χ0v) is 21.7. The van der Waals surface area contributed by atoms with Crippen molar-refractivity contribution in [2.75, 3.05) is 20.1 Å². The zero-order chi connectivity index (χ0) is 26.4. The number of aromatic amines is 1. The number of fused-ring (bicyclic) bond motifs is 1. The third-order valence-corrected chi connectivity index (χ3v) is 6.39. The molecule has 2 aromatic rings. The minimum atomic E-state index is -1.30. The van der Waals surface area contributed by atoms with E-state index in [2.05, 4.69) is 25.9 Å². The molecule has 1 aromatic heterocycles. The zero-order valence-electron chi connectivity index (χ0n) is 21.7. The number of carbonyl (C=O) groups excluding carboxylic acids is 3. The van der Waals surface area contributed by atoms with Crippen molar-refractivity contribution in [1.29, 1.82) is 0 Å². The number of piperidine rings is 1. The quantitative estimate of drug-likeness (QED) is 0.412. The van der Waals surface area contributed by atoms with Crippen LogP contribution in [0, 0.1) is 11.7 Å². The summed E-state index contributed by atoms with van der Waals surface area (Å²) >= 11 is 0. The summed E-state index contributed by atoms with van der Waals surface area (Å²) in [6.07, 6.45) is 2.36. The van der Waals surface area contributed by atoms with Crippen LogP contribution in [0.5, 0.6) is 0 Å². The van der Waals surface area contributed by atoms with Crippen molar-refractivity contribution < 1.29 is 18.8 Å². The maximum atomic E-state index is 14.1. The highest BCUT2D eigenvalue weighted by Gasteiger charge is 2.31. The molecular formula is C25H38FN7O3. The number of hydrogen-bond donors (Lipinski definition) is 4. The van der Waals surface area contributed by atoms with E-state index in [1.165, 1.54) is 11.0 Å². The Labute approximate surface area is 211 Å². The molecule has 198 valence electrons. The van der Waals surface area contributed by atoms with E-state index in [0.717, 1.165) is 25.7 Å². The standard InChI is InChI=1S/C25H38FN7O3/c1-6-17-10-7-8-13-33(17)25(36)31-22(30-24(35)32(5)14-15(2)3)23(34)27-16(4)21-28-19-12-9-11-18(26)20(19)29-21/h9,11-12,15-17,22H,6-8,10,13-14H2,1-5H3,(H,27,34)(H,28,29)(H,30,35)(H,31,36)/t16-,17-,22-/m0/s1. The second-order valence-corrected chi connectivity index (χ2v) is 9.85. The number of aromatic nitrogens is 2. The predicted octanol–water partition coefficient (Wildman–Crippen LogP) is 3.48. The van der Waals surface area contributed by atoms with Crippen LogP contribution >= 0.6 is 0 Å². The number of imidazole rings is 1. The summed E-state index contributed by atoms with van der Waals surface area (Å²) in [6.45, 7) is 8.77. The number of hydrogen-bond acceptors (Lipinski definition) is 4. The molecule has 0 radical (unpaired) electrons. The first kappa shape index (κ1) is 27.2. The largest absolute Gasteiger partial charge is 0.343 e. The molecule has 2 heterocycles. The highest BCUT2D eigenvalue weighted by Crippen LogP contribution is 2.20. The van der Waals surface area contributed by atoms with Crippen molar-refractivity contribution in [3.8, 4) is 0 Å². The molecule has 3 atom stereocenters. The Morgan fingerprint density at radius 1 is 1.19 bits per heavy atom. The molecule has 1 aromatic carbocycles. The second kappa shape index (κ2) is 12.0. The van der Waals surface area contributed by atoms with Crippen LogP contribution in [-0.2, 0) is 4.79 Å². The predicted molar refractivity (Wildman–Crippen MR) is 136 cm³/mol. The summed E-state index contributed by atoms with van der Waals surface area (Å²) in [7, 11) is 1.63.